The predicted octanol–water partition coefficient (Wildman–Crippen LogP) is 2.24. The smallest absolute Gasteiger partial charge is 0.377 e. The van der Waals surface area contributed by atoms with Crippen molar-refractivity contribution in [1.29, 1.82) is 0 Å². The molecule has 2 nitrogen and oxygen atoms in total. The fourth-order valence-electron chi connectivity index (χ4n) is 2.27. The number of nitrogens with one attached hydrogen (secondary N) is 1. The molecule has 1 saturated heterocycles. The quantitative estimate of drug-likeness (QED) is 0.775. The van der Waals surface area contributed by atoms with Crippen LogP contribution in [0.3, 0.4) is 0 Å². The van der Waals surface area contributed by atoms with Crippen molar-refractivity contribution < 1.29 is 17.9 Å². The molecule has 0 aromatic rings. The molecule has 0 atom stereocenters. The summed E-state index contributed by atoms with van der Waals surface area (Å²) in [5.74, 6) is 0. The summed E-state index contributed by atoms with van der Waals surface area (Å²) in [5.41, 5.74) is -1.75. The van der Waals surface area contributed by atoms with Crippen molar-refractivity contribution in [1.82, 2.24) is 5.32 Å². The second-order valence-corrected chi connectivity index (χ2v) is 4.55. The summed E-state index contributed by atoms with van der Waals surface area (Å²) in [6.07, 6.45) is 0.741. The van der Waals surface area contributed by atoms with Gasteiger partial charge >= 0.3 is 6.18 Å². The van der Waals surface area contributed by atoms with E-state index in [9.17, 15) is 13.2 Å². The standard InChI is InChI=1S/C10H16F3NO/c11-10(12,13)9(6-15-7-9)14-8-4-2-1-3-5-8/h8,14H,1-7H2. The van der Waals surface area contributed by atoms with E-state index in [0.717, 1.165) is 32.1 Å². The Balaban J connectivity index is 1.95. The molecule has 1 saturated carbocycles. The van der Waals surface area contributed by atoms with Gasteiger partial charge in [0.1, 0.15) is 0 Å². The van der Waals surface area contributed by atoms with E-state index in [4.69, 9.17) is 4.74 Å². The van der Waals surface area contributed by atoms with Gasteiger partial charge in [-0.1, -0.05) is 19.3 Å². The minimum Gasteiger partial charge on any atom is -0.377 e. The molecule has 0 radical (unpaired) electrons. The van der Waals surface area contributed by atoms with Gasteiger partial charge in [-0.15, -0.1) is 0 Å². The number of ether oxygens (including phenoxy) is 1. The molecule has 2 rings (SSSR count). The number of hydrogen-bond donors (Lipinski definition) is 1. The number of hydrogen-bond acceptors (Lipinski definition) is 2. The number of rotatable bonds is 2. The summed E-state index contributed by atoms with van der Waals surface area (Å²) in [6.45, 7) is -0.458. The normalized spacial score (nSPS) is 27.4. The molecule has 2 fully saturated rings. The van der Waals surface area contributed by atoms with E-state index in [1.165, 1.54) is 0 Å². The molecule has 0 amide bonds. The first kappa shape index (κ1) is 11.2. The van der Waals surface area contributed by atoms with Crippen LogP contribution in [-0.2, 0) is 4.74 Å². The second kappa shape index (κ2) is 3.94. The predicted molar refractivity (Wildman–Crippen MR) is 49.6 cm³/mol. The summed E-state index contributed by atoms with van der Waals surface area (Å²) in [4.78, 5) is 0. The first-order chi connectivity index (χ1) is 7.04. The van der Waals surface area contributed by atoms with Gasteiger partial charge in [-0.05, 0) is 12.8 Å². The molecule has 1 N–H and O–H groups in total. The van der Waals surface area contributed by atoms with Gasteiger partial charge in [0.25, 0.3) is 0 Å². The van der Waals surface area contributed by atoms with E-state index < -0.39 is 11.7 Å². The second-order valence-electron chi connectivity index (χ2n) is 4.55. The van der Waals surface area contributed by atoms with Crippen molar-refractivity contribution in [3.05, 3.63) is 0 Å². The monoisotopic (exact) mass is 223 g/mol. The average Bonchev–Trinajstić information content (AvgIpc) is 2.11. The summed E-state index contributed by atoms with van der Waals surface area (Å²) in [7, 11) is 0. The van der Waals surface area contributed by atoms with Gasteiger partial charge in [-0.2, -0.15) is 13.2 Å². The maximum absolute atomic E-state index is 12.8. The molecule has 5 heteroatoms. The largest absolute Gasteiger partial charge is 0.411 e. The number of alkyl halides is 3. The van der Waals surface area contributed by atoms with Crippen LogP contribution in [-0.4, -0.2) is 31.0 Å². The lowest BCUT2D eigenvalue weighted by molar-refractivity contribution is -0.270. The molecule has 0 aromatic carbocycles. The van der Waals surface area contributed by atoms with Gasteiger partial charge in [-0.3, -0.25) is 5.32 Å². The average molecular weight is 223 g/mol. The van der Waals surface area contributed by atoms with Gasteiger partial charge in [0.2, 0.25) is 0 Å². The Morgan fingerprint density at radius 1 is 1.07 bits per heavy atom. The fourth-order valence-corrected chi connectivity index (χ4v) is 2.27. The Bertz CT molecular complexity index is 219. The zero-order valence-electron chi connectivity index (χ0n) is 8.57. The Morgan fingerprint density at radius 2 is 1.67 bits per heavy atom. The first-order valence-corrected chi connectivity index (χ1v) is 5.46. The fraction of sp³-hybridized carbons (Fsp3) is 1.00. The molecule has 1 heterocycles. The van der Waals surface area contributed by atoms with Crippen molar-refractivity contribution >= 4 is 0 Å². The molecule has 1 aliphatic carbocycles. The first-order valence-electron chi connectivity index (χ1n) is 5.46. The van der Waals surface area contributed by atoms with Crippen LogP contribution in [0.5, 0.6) is 0 Å². The summed E-state index contributed by atoms with van der Waals surface area (Å²) in [5, 5.41) is 2.76. The third-order valence-corrected chi connectivity index (χ3v) is 3.33. The lowest BCUT2D eigenvalue weighted by atomic mass is 9.89. The van der Waals surface area contributed by atoms with Gasteiger partial charge < -0.3 is 4.74 Å². The van der Waals surface area contributed by atoms with Crippen LogP contribution < -0.4 is 5.32 Å². The highest BCUT2D eigenvalue weighted by Gasteiger charge is 2.60. The van der Waals surface area contributed by atoms with E-state index in [0.29, 0.717) is 0 Å². The molecular formula is C10H16F3NO. The van der Waals surface area contributed by atoms with Crippen molar-refractivity contribution in [3.8, 4) is 0 Å². The maximum Gasteiger partial charge on any atom is 0.411 e. The van der Waals surface area contributed by atoms with Crippen LogP contribution in [0.2, 0.25) is 0 Å². The van der Waals surface area contributed by atoms with Crippen LogP contribution in [0.15, 0.2) is 0 Å². The van der Waals surface area contributed by atoms with Gasteiger partial charge in [0.05, 0.1) is 13.2 Å². The lowest BCUT2D eigenvalue weighted by Crippen LogP contribution is -2.71. The van der Waals surface area contributed by atoms with E-state index >= 15 is 0 Å². The highest BCUT2D eigenvalue weighted by molar-refractivity contribution is 5.02. The minimum absolute atomic E-state index is 0.0178. The number of halogens is 3. The van der Waals surface area contributed by atoms with Crippen LogP contribution in [0, 0.1) is 0 Å². The maximum atomic E-state index is 12.8. The van der Waals surface area contributed by atoms with Crippen LogP contribution in [0.1, 0.15) is 32.1 Å². The van der Waals surface area contributed by atoms with Crippen LogP contribution >= 0.6 is 0 Å². The third-order valence-electron chi connectivity index (χ3n) is 3.33. The molecule has 0 unspecified atom stereocenters. The van der Waals surface area contributed by atoms with Crippen LogP contribution in [0.25, 0.3) is 0 Å². The summed E-state index contributed by atoms with van der Waals surface area (Å²) >= 11 is 0. The van der Waals surface area contributed by atoms with Gasteiger partial charge in [-0.25, -0.2) is 0 Å². The Morgan fingerprint density at radius 3 is 2.07 bits per heavy atom. The summed E-state index contributed by atoms with van der Waals surface area (Å²) < 4.78 is 43.0. The topological polar surface area (TPSA) is 21.3 Å². The van der Waals surface area contributed by atoms with Gasteiger partial charge in [0.15, 0.2) is 5.54 Å². The van der Waals surface area contributed by atoms with E-state index in [2.05, 4.69) is 5.32 Å². The SMILES string of the molecule is FC(F)(F)C1(NC2CCCCC2)COC1. The van der Waals surface area contributed by atoms with Gasteiger partial charge in [0, 0.05) is 6.04 Å². The molecule has 0 spiro atoms. The molecular weight excluding hydrogens is 207 g/mol. The molecule has 1 aliphatic heterocycles. The highest BCUT2D eigenvalue weighted by Crippen LogP contribution is 2.37. The highest BCUT2D eigenvalue weighted by atomic mass is 19.4. The third kappa shape index (κ3) is 2.13. The Hall–Kier alpha value is -0.290. The Kier molecular flexibility index (Phi) is 2.94. The molecule has 88 valence electrons. The molecule has 0 aromatic heterocycles. The van der Waals surface area contributed by atoms with Crippen molar-refractivity contribution in [3.63, 3.8) is 0 Å². The van der Waals surface area contributed by atoms with E-state index in [1.54, 1.807) is 0 Å². The van der Waals surface area contributed by atoms with E-state index in [-0.39, 0.29) is 19.3 Å². The lowest BCUT2D eigenvalue weighted by Gasteiger charge is -2.46. The van der Waals surface area contributed by atoms with Crippen molar-refractivity contribution in [2.75, 3.05) is 13.2 Å². The van der Waals surface area contributed by atoms with Crippen LogP contribution in [0.4, 0.5) is 13.2 Å². The summed E-state index contributed by atoms with van der Waals surface area (Å²) in [6, 6.07) is 0.0178. The van der Waals surface area contributed by atoms with Crippen molar-refractivity contribution in [2.24, 2.45) is 0 Å². The zero-order chi connectivity index (χ0) is 10.9. The zero-order valence-corrected chi connectivity index (χ0v) is 8.57. The molecule has 0 bridgehead atoms. The minimum atomic E-state index is -4.19. The van der Waals surface area contributed by atoms with E-state index in [1.807, 2.05) is 0 Å². The molecule has 15 heavy (non-hydrogen) atoms. The van der Waals surface area contributed by atoms with Crippen molar-refractivity contribution in [2.45, 2.75) is 49.9 Å². The Labute approximate surface area is 87.2 Å². The molecule has 2 aliphatic rings.